The zero-order chi connectivity index (χ0) is 19.9. The fourth-order valence-corrected chi connectivity index (χ4v) is 2.37. The largest absolute Gasteiger partial charge is 0.484 e. The Morgan fingerprint density at radius 2 is 1.67 bits per heavy atom. The zero-order valence-corrected chi connectivity index (χ0v) is 15.2. The van der Waals surface area contributed by atoms with Gasteiger partial charge in [-0.15, -0.1) is 0 Å². The molecule has 0 saturated heterocycles. The number of nitrogens with one attached hydrogen (secondary N) is 2. The molecule has 0 heterocycles. The van der Waals surface area contributed by atoms with E-state index in [0.717, 1.165) is 5.69 Å². The van der Waals surface area contributed by atoms with Gasteiger partial charge in [0.25, 0.3) is 5.91 Å². The van der Waals surface area contributed by atoms with Gasteiger partial charge >= 0.3 is 6.18 Å². The van der Waals surface area contributed by atoms with Gasteiger partial charge in [0.1, 0.15) is 5.75 Å². The van der Waals surface area contributed by atoms with Crippen molar-refractivity contribution in [2.75, 3.05) is 18.5 Å². The Labute approximate surface area is 156 Å². The molecule has 0 aliphatic rings. The average Bonchev–Trinajstić information content (AvgIpc) is 2.63. The second-order valence-corrected chi connectivity index (χ2v) is 6.50. The normalized spacial score (nSPS) is 12.5. The number of halogens is 3. The van der Waals surface area contributed by atoms with Gasteiger partial charge < -0.3 is 15.4 Å². The highest BCUT2D eigenvalue weighted by Crippen LogP contribution is 2.19. The molecule has 0 radical (unpaired) electrons. The molecule has 0 aliphatic heterocycles. The van der Waals surface area contributed by atoms with Crippen LogP contribution in [0.1, 0.15) is 24.2 Å². The molecule has 0 spiro atoms. The van der Waals surface area contributed by atoms with Crippen LogP contribution in [0.3, 0.4) is 0 Å². The third-order valence-electron chi connectivity index (χ3n) is 3.93. The number of carbonyl (C=O) groups is 1. The third-order valence-corrected chi connectivity index (χ3v) is 3.93. The molecule has 2 rings (SSSR count). The molecule has 27 heavy (non-hydrogen) atoms. The lowest BCUT2D eigenvalue weighted by Gasteiger charge is -2.24. The molecule has 146 valence electrons. The fourth-order valence-electron chi connectivity index (χ4n) is 2.37. The molecule has 1 atom stereocenters. The molecule has 0 bridgehead atoms. The van der Waals surface area contributed by atoms with Gasteiger partial charge in [0.15, 0.2) is 6.61 Å². The Kier molecular flexibility index (Phi) is 7.10. The van der Waals surface area contributed by atoms with Crippen molar-refractivity contribution in [1.29, 1.82) is 0 Å². The van der Waals surface area contributed by atoms with E-state index in [9.17, 15) is 18.0 Å². The van der Waals surface area contributed by atoms with Crippen LogP contribution in [0.15, 0.2) is 54.6 Å². The Morgan fingerprint density at radius 3 is 2.22 bits per heavy atom. The maximum atomic E-state index is 12.3. The van der Waals surface area contributed by atoms with Crippen molar-refractivity contribution in [3.05, 3.63) is 60.2 Å². The second-order valence-electron chi connectivity index (χ2n) is 6.50. The number of alkyl halides is 3. The Hall–Kier alpha value is -2.70. The summed E-state index contributed by atoms with van der Waals surface area (Å²) in [5, 5.41) is 6.24. The first-order valence-electron chi connectivity index (χ1n) is 8.64. The summed E-state index contributed by atoms with van der Waals surface area (Å²) in [6.07, 6.45) is -4.40. The van der Waals surface area contributed by atoms with Gasteiger partial charge in [-0.25, -0.2) is 0 Å². The molecule has 0 aromatic heterocycles. The van der Waals surface area contributed by atoms with Crippen molar-refractivity contribution in [2.24, 2.45) is 5.92 Å². The quantitative estimate of drug-likeness (QED) is 0.709. The molecule has 1 amide bonds. The molecule has 4 nitrogen and oxygen atoms in total. The highest BCUT2D eigenvalue weighted by Gasteiger charge is 2.28. The molecule has 1 unspecified atom stereocenters. The molecule has 2 N–H and O–H groups in total. The molecule has 0 saturated carbocycles. The molecule has 7 heteroatoms. The zero-order valence-electron chi connectivity index (χ0n) is 15.2. The number of anilines is 1. The number of benzene rings is 2. The summed E-state index contributed by atoms with van der Waals surface area (Å²) >= 11 is 0. The minimum atomic E-state index is -4.40. The molecule has 2 aromatic rings. The number of ether oxygens (including phenoxy) is 1. The minimum absolute atomic E-state index is 0.0331. The predicted molar refractivity (Wildman–Crippen MR) is 99.0 cm³/mol. The number of carbonyl (C=O) groups excluding carboxylic acids is 1. The lowest BCUT2D eigenvalue weighted by molar-refractivity contribution is -0.153. The highest BCUT2D eigenvalue weighted by atomic mass is 19.4. The van der Waals surface area contributed by atoms with Crippen molar-refractivity contribution in [2.45, 2.75) is 26.1 Å². The highest BCUT2D eigenvalue weighted by molar-refractivity contribution is 5.94. The lowest BCUT2D eigenvalue weighted by Crippen LogP contribution is -2.39. The van der Waals surface area contributed by atoms with Crippen molar-refractivity contribution in [1.82, 2.24) is 5.32 Å². The van der Waals surface area contributed by atoms with E-state index in [4.69, 9.17) is 0 Å². The van der Waals surface area contributed by atoms with Crippen molar-refractivity contribution >= 4 is 11.6 Å². The van der Waals surface area contributed by atoms with Gasteiger partial charge in [-0.1, -0.05) is 32.0 Å². The Morgan fingerprint density at radius 1 is 1.04 bits per heavy atom. The third kappa shape index (κ3) is 7.21. The van der Waals surface area contributed by atoms with Crippen LogP contribution in [-0.2, 0) is 0 Å². The van der Waals surface area contributed by atoms with Gasteiger partial charge in [0.05, 0.1) is 0 Å². The van der Waals surface area contributed by atoms with Crippen LogP contribution in [0.4, 0.5) is 18.9 Å². The van der Waals surface area contributed by atoms with Crippen LogP contribution in [0.25, 0.3) is 0 Å². The molecule has 2 aromatic carbocycles. The Balaban J connectivity index is 1.89. The van der Waals surface area contributed by atoms with Gasteiger partial charge in [0.2, 0.25) is 0 Å². The van der Waals surface area contributed by atoms with Crippen LogP contribution < -0.4 is 15.4 Å². The number of hydrogen-bond donors (Lipinski definition) is 2. The Bertz CT molecular complexity index is 716. The average molecular weight is 380 g/mol. The predicted octanol–water partition coefficient (Wildman–Crippen LogP) is 4.49. The van der Waals surface area contributed by atoms with E-state index in [-0.39, 0.29) is 23.6 Å². The monoisotopic (exact) mass is 380 g/mol. The van der Waals surface area contributed by atoms with E-state index in [1.165, 1.54) is 24.3 Å². The summed E-state index contributed by atoms with van der Waals surface area (Å²) in [5.74, 6) is 0.0520. The first-order valence-corrected chi connectivity index (χ1v) is 8.64. The van der Waals surface area contributed by atoms with Gasteiger partial charge in [-0.05, 0) is 42.3 Å². The van der Waals surface area contributed by atoms with E-state index >= 15 is 0 Å². The maximum Gasteiger partial charge on any atom is 0.422 e. The molecular formula is C20H23F3N2O2. The smallest absolute Gasteiger partial charge is 0.422 e. The number of para-hydroxylation sites is 1. The van der Waals surface area contributed by atoms with E-state index < -0.39 is 12.8 Å². The molecular weight excluding hydrogens is 357 g/mol. The van der Waals surface area contributed by atoms with E-state index in [2.05, 4.69) is 29.2 Å². The molecule has 0 fully saturated rings. The summed E-state index contributed by atoms with van der Waals surface area (Å²) in [6.45, 7) is 3.16. The first kappa shape index (κ1) is 20.6. The standard InChI is InChI=1S/C20H23F3N2O2/c1-14(2)18(25-16-6-4-3-5-7-16)12-24-19(26)15-8-10-17(11-9-15)27-13-20(21,22)23/h3-11,14,18,25H,12-13H2,1-2H3,(H,24,26). The van der Waals surface area contributed by atoms with Crippen LogP contribution in [0.5, 0.6) is 5.75 Å². The van der Waals surface area contributed by atoms with E-state index in [1.54, 1.807) is 0 Å². The van der Waals surface area contributed by atoms with Crippen LogP contribution >= 0.6 is 0 Å². The van der Waals surface area contributed by atoms with Gasteiger partial charge in [-0.2, -0.15) is 13.2 Å². The number of hydrogen-bond acceptors (Lipinski definition) is 3. The second kappa shape index (κ2) is 9.30. The minimum Gasteiger partial charge on any atom is -0.484 e. The number of amides is 1. The van der Waals surface area contributed by atoms with Gasteiger partial charge in [0, 0.05) is 23.8 Å². The maximum absolute atomic E-state index is 12.3. The van der Waals surface area contributed by atoms with Crippen LogP contribution in [-0.4, -0.2) is 31.3 Å². The summed E-state index contributed by atoms with van der Waals surface area (Å²) in [5.41, 5.74) is 1.33. The van der Waals surface area contributed by atoms with E-state index in [1.807, 2.05) is 30.3 Å². The number of rotatable bonds is 8. The van der Waals surface area contributed by atoms with Crippen molar-refractivity contribution < 1.29 is 22.7 Å². The lowest BCUT2D eigenvalue weighted by atomic mass is 10.0. The van der Waals surface area contributed by atoms with Crippen molar-refractivity contribution in [3.8, 4) is 5.75 Å². The summed E-state index contributed by atoms with van der Waals surface area (Å²) < 4.78 is 41.1. The summed E-state index contributed by atoms with van der Waals surface area (Å²) in [6, 6.07) is 15.3. The molecule has 0 aliphatic carbocycles. The topological polar surface area (TPSA) is 50.4 Å². The van der Waals surface area contributed by atoms with Crippen molar-refractivity contribution in [3.63, 3.8) is 0 Å². The van der Waals surface area contributed by atoms with Crippen LogP contribution in [0.2, 0.25) is 0 Å². The van der Waals surface area contributed by atoms with E-state index in [0.29, 0.717) is 12.1 Å². The SMILES string of the molecule is CC(C)C(CNC(=O)c1ccc(OCC(F)(F)F)cc1)Nc1ccccc1. The fraction of sp³-hybridized carbons (Fsp3) is 0.350. The van der Waals surface area contributed by atoms with Crippen LogP contribution in [0, 0.1) is 5.92 Å². The van der Waals surface area contributed by atoms with Gasteiger partial charge in [-0.3, -0.25) is 4.79 Å². The summed E-state index contributed by atoms with van der Waals surface area (Å²) in [4.78, 5) is 12.3. The first-order chi connectivity index (χ1) is 12.7. The summed E-state index contributed by atoms with van der Waals surface area (Å²) in [7, 11) is 0.